The molecule has 2 aliphatic rings. The zero-order valence-corrected chi connectivity index (χ0v) is 7.66. The van der Waals surface area contributed by atoms with E-state index in [1.165, 1.54) is 16.7 Å². The number of rotatable bonds is 2. The lowest BCUT2D eigenvalue weighted by Gasteiger charge is -2.35. The van der Waals surface area contributed by atoms with E-state index < -0.39 is 12.0 Å². The molecule has 0 radical (unpaired) electrons. The zero-order valence-electron chi connectivity index (χ0n) is 6.84. The average Bonchev–Trinajstić information content (AvgIpc) is 2.37. The van der Waals surface area contributed by atoms with Crippen LogP contribution in [0.25, 0.3) is 0 Å². The third-order valence-corrected chi connectivity index (χ3v) is 3.83. The van der Waals surface area contributed by atoms with Gasteiger partial charge in [0.25, 0.3) is 0 Å². The first-order valence-corrected chi connectivity index (χ1v) is 4.91. The molecular formula is C8H9NO3S. The van der Waals surface area contributed by atoms with Crippen LogP contribution in [0.3, 0.4) is 0 Å². The molecule has 0 saturated carbocycles. The van der Waals surface area contributed by atoms with Crippen molar-refractivity contribution >= 4 is 23.6 Å². The van der Waals surface area contributed by atoms with E-state index in [9.17, 15) is 9.59 Å². The van der Waals surface area contributed by atoms with E-state index in [2.05, 4.69) is 6.58 Å². The van der Waals surface area contributed by atoms with Crippen molar-refractivity contribution in [1.82, 2.24) is 4.90 Å². The second kappa shape index (κ2) is 2.77. The quantitative estimate of drug-likeness (QED) is 0.513. The average molecular weight is 199 g/mol. The molecular weight excluding hydrogens is 190 g/mol. The van der Waals surface area contributed by atoms with Gasteiger partial charge in [-0.25, -0.2) is 4.79 Å². The fourth-order valence-electron chi connectivity index (χ4n) is 1.71. The maximum atomic E-state index is 11.1. The van der Waals surface area contributed by atoms with E-state index in [4.69, 9.17) is 5.11 Å². The number of hydrogen-bond donors (Lipinski definition) is 1. The topological polar surface area (TPSA) is 57.6 Å². The maximum Gasteiger partial charge on any atom is 0.327 e. The highest BCUT2D eigenvalue weighted by molar-refractivity contribution is 8.01. The van der Waals surface area contributed by atoms with Gasteiger partial charge in [0.15, 0.2) is 0 Å². The summed E-state index contributed by atoms with van der Waals surface area (Å²) in [5, 5.41) is 8.81. The second-order valence-electron chi connectivity index (χ2n) is 3.08. The number of carbonyl (C=O) groups is 2. The molecule has 3 atom stereocenters. The van der Waals surface area contributed by atoms with E-state index in [1.54, 1.807) is 6.08 Å². The number of carbonyl (C=O) groups excluding carboxylic acids is 1. The molecule has 2 rings (SSSR count). The van der Waals surface area contributed by atoms with E-state index in [0.717, 1.165) is 0 Å². The highest BCUT2D eigenvalue weighted by Gasteiger charge is 2.53. The summed E-state index contributed by atoms with van der Waals surface area (Å²) in [6.45, 7) is 3.57. The molecule has 0 spiro atoms. The number of thioether (sulfide) groups is 1. The monoisotopic (exact) mass is 199 g/mol. The lowest BCUT2D eigenvalue weighted by molar-refractivity contribution is -0.155. The standard InChI is InChI=1S/C8H9NO3S/c1-2-4-7(8(11)12)9-5(10)3-6(9)13-4/h2,4,6-7H,1,3H2,(H,11,12)/t4?,6-,7?/m1/s1. The Bertz CT molecular complexity index is 291. The molecule has 2 unspecified atom stereocenters. The van der Waals surface area contributed by atoms with Gasteiger partial charge < -0.3 is 10.0 Å². The number of β-lactam (4-membered cyclic amide) rings is 1. The number of fused-ring (bicyclic) bond motifs is 1. The SMILES string of the molecule is C=CC1S[C@@H]2CC(=O)N2C1C(=O)O. The lowest BCUT2D eigenvalue weighted by atomic mass is 10.1. The zero-order chi connectivity index (χ0) is 9.59. The number of nitrogens with zero attached hydrogens (tertiary/aromatic N) is 1. The van der Waals surface area contributed by atoms with Gasteiger partial charge >= 0.3 is 5.97 Å². The Morgan fingerprint density at radius 3 is 2.92 bits per heavy atom. The highest BCUT2D eigenvalue weighted by Crippen LogP contribution is 2.44. The number of carboxylic acids is 1. The summed E-state index contributed by atoms with van der Waals surface area (Å²) in [5.74, 6) is -0.998. The van der Waals surface area contributed by atoms with Gasteiger partial charge in [-0.1, -0.05) is 6.08 Å². The third kappa shape index (κ3) is 1.07. The smallest absolute Gasteiger partial charge is 0.327 e. The van der Waals surface area contributed by atoms with Crippen molar-refractivity contribution in [2.24, 2.45) is 0 Å². The molecule has 0 aliphatic carbocycles. The van der Waals surface area contributed by atoms with Crippen molar-refractivity contribution in [2.75, 3.05) is 0 Å². The minimum absolute atomic E-state index is 0.0609. The van der Waals surface area contributed by atoms with Gasteiger partial charge in [0, 0.05) is 0 Å². The Hall–Kier alpha value is -0.970. The van der Waals surface area contributed by atoms with Gasteiger partial charge in [-0.2, -0.15) is 0 Å². The molecule has 5 heteroatoms. The maximum absolute atomic E-state index is 11.1. The predicted octanol–water partition coefficient (Wildman–Crippen LogP) is 0.299. The van der Waals surface area contributed by atoms with Crippen LogP contribution in [0.2, 0.25) is 0 Å². The Labute approximate surface area is 79.6 Å². The Morgan fingerprint density at radius 1 is 1.77 bits per heavy atom. The normalized spacial score (nSPS) is 36.8. The molecule has 13 heavy (non-hydrogen) atoms. The number of aliphatic carboxylic acids is 1. The van der Waals surface area contributed by atoms with Crippen LogP contribution >= 0.6 is 11.8 Å². The van der Waals surface area contributed by atoms with E-state index in [1.807, 2.05) is 0 Å². The van der Waals surface area contributed by atoms with Gasteiger partial charge in [-0.05, 0) is 0 Å². The number of hydrogen-bond acceptors (Lipinski definition) is 3. The van der Waals surface area contributed by atoms with Crippen LogP contribution in [-0.4, -0.2) is 38.5 Å². The molecule has 2 fully saturated rings. The van der Waals surface area contributed by atoms with E-state index >= 15 is 0 Å². The summed E-state index contributed by atoms with van der Waals surface area (Å²) in [5.41, 5.74) is 0. The fourth-order valence-corrected chi connectivity index (χ4v) is 3.20. The molecule has 0 aromatic rings. The van der Waals surface area contributed by atoms with E-state index in [-0.39, 0.29) is 16.5 Å². The molecule has 2 saturated heterocycles. The first-order chi connectivity index (χ1) is 6.15. The van der Waals surface area contributed by atoms with Crippen LogP contribution in [-0.2, 0) is 9.59 Å². The van der Waals surface area contributed by atoms with Crippen molar-refractivity contribution < 1.29 is 14.7 Å². The Kier molecular flexibility index (Phi) is 1.83. The van der Waals surface area contributed by atoms with Crippen LogP contribution < -0.4 is 0 Å². The lowest BCUT2D eigenvalue weighted by Crippen LogP contribution is -2.55. The van der Waals surface area contributed by atoms with Crippen LogP contribution in [0.1, 0.15) is 6.42 Å². The number of carboxylic acid groups (broad SMARTS) is 1. The summed E-state index contributed by atoms with van der Waals surface area (Å²) in [6, 6.07) is -0.700. The minimum Gasteiger partial charge on any atom is -0.480 e. The molecule has 0 aromatic carbocycles. The van der Waals surface area contributed by atoms with Gasteiger partial charge in [-0.15, -0.1) is 18.3 Å². The van der Waals surface area contributed by atoms with Gasteiger partial charge in [-0.3, -0.25) is 4.79 Å². The molecule has 1 amide bonds. The molecule has 1 N–H and O–H groups in total. The van der Waals surface area contributed by atoms with E-state index in [0.29, 0.717) is 6.42 Å². The van der Waals surface area contributed by atoms with Crippen molar-refractivity contribution in [3.63, 3.8) is 0 Å². The predicted molar refractivity (Wildman–Crippen MR) is 48.3 cm³/mol. The van der Waals surface area contributed by atoms with Crippen molar-refractivity contribution in [3.05, 3.63) is 12.7 Å². The summed E-state index contributed by atoms with van der Waals surface area (Å²) >= 11 is 1.51. The molecule has 4 nitrogen and oxygen atoms in total. The summed E-state index contributed by atoms with van der Waals surface area (Å²) < 4.78 is 0. The van der Waals surface area contributed by atoms with Crippen LogP contribution in [0, 0.1) is 0 Å². The first-order valence-electron chi connectivity index (χ1n) is 3.97. The summed E-state index contributed by atoms with van der Waals surface area (Å²) in [7, 11) is 0. The van der Waals surface area contributed by atoms with Crippen LogP contribution in [0.5, 0.6) is 0 Å². The largest absolute Gasteiger partial charge is 0.480 e. The molecule has 0 aromatic heterocycles. The van der Waals surface area contributed by atoms with Gasteiger partial charge in [0.1, 0.15) is 6.04 Å². The molecule has 0 bridgehead atoms. The van der Waals surface area contributed by atoms with Crippen LogP contribution in [0.15, 0.2) is 12.7 Å². The van der Waals surface area contributed by atoms with Gasteiger partial charge in [0.05, 0.1) is 17.0 Å². The third-order valence-electron chi connectivity index (χ3n) is 2.36. The first kappa shape index (κ1) is 8.62. The van der Waals surface area contributed by atoms with Gasteiger partial charge in [0.2, 0.25) is 5.91 Å². The molecule has 2 aliphatic heterocycles. The Balaban J connectivity index is 2.24. The summed E-state index contributed by atoms with van der Waals surface area (Å²) in [4.78, 5) is 23.4. The van der Waals surface area contributed by atoms with Crippen LogP contribution in [0.4, 0.5) is 0 Å². The second-order valence-corrected chi connectivity index (χ2v) is 4.44. The highest BCUT2D eigenvalue weighted by atomic mass is 32.2. The summed E-state index contributed by atoms with van der Waals surface area (Å²) in [6.07, 6.45) is 2.08. The molecule has 70 valence electrons. The van der Waals surface area contributed by atoms with Crippen molar-refractivity contribution in [2.45, 2.75) is 23.1 Å². The Morgan fingerprint density at radius 2 is 2.46 bits per heavy atom. The van der Waals surface area contributed by atoms with Crippen molar-refractivity contribution in [3.8, 4) is 0 Å². The van der Waals surface area contributed by atoms with Crippen molar-refractivity contribution in [1.29, 1.82) is 0 Å². The fraction of sp³-hybridized carbons (Fsp3) is 0.500. The number of amides is 1. The minimum atomic E-state index is -0.937. The molecule has 2 heterocycles.